The number of hydrogen-bond donors (Lipinski definition) is 3. The number of nitrogens with one attached hydrogen (secondary N) is 2. The van der Waals surface area contributed by atoms with Gasteiger partial charge < -0.3 is 25.8 Å². The number of hydrogen-bond acceptors (Lipinski definition) is 7. The molecule has 1 aromatic heterocycles. The van der Waals surface area contributed by atoms with Crippen LogP contribution < -0.4 is 11.1 Å². The maximum absolute atomic E-state index is 13.9. The van der Waals surface area contributed by atoms with E-state index >= 15 is 0 Å². The molecular formula is C34H39Cl2N7O4S. The molecule has 2 saturated heterocycles. The lowest BCUT2D eigenvalue weighted by Gasteiger charge is -2.40. The number of amides is 3. The van der Waals surface area contributed by atoms with Crippen LogP contribution in [0.4, 0.5) is 0 Å². The molecule has 2 aliphatic rings. The average molecular weight is 713 g/mol. The third-order valence-corrected chi connectivity index (χ3v) is 10.3. The minimum absolute atomic E-state index is 0.00176. The molecule has 254 valence electrons. The number of aryl methyl sites for hydroxylation is 1. The molecule has 3 heterocycles. The fraction of sp³-hybridized carbons (Fsp3) is 0.412. The van der Waals surface area contributed by atoms with Crippen molar-refractivity contribution in [2.45, 2.75) is 50.6 Å². The Kier molecular flexibility index (Phi) is 12.1. The zero-order valence-corrected chi connectivity index (χ0v) is 28.8. The molecule has 48 heavy (non-hydrogen) atoms. The van der Waals surface area contributed by atoms with Crippen molar-refractivity contribution in [2.24, 2.45) is 11.7 Å². The summed E-state index contributed by atoms with van der Waals surface area (Å²) >= 11 is 13.6. The van der Waals surface area contributed by atoms with Crippen LogP contribution in [-0.2, 0) is 27.2 Å². The molecule has 3 aromatic rings. The van der Waals surface area contributed by atoms with Crippen LogP contribution in [0.15, 0.2) is 60.1 Å². The lowest BCUT2D eigenvalue weighted by atomic mass is 9.90. The second-order valence-electron chi connectivity index (χ2n) is 12.2. The van der Waals surface area contributed by atoms with Crippen LogP contribution in [0.3, 0.4) is 0 Å². The summed E-state index contributed by atoms with van der Waals surface area (Å²) in [6.07, 6.45) is 5.03. The molecule has 3 amide bonds. The molecule has 0 aliphatic carbocycles. The van der Waals surface area contributed by atoms with Crippen molar-refractivity contribution in [3.63, 3.8) is 0 Å². The molecule has 0 bridgehead atoms. The Balaban J connectivity index is 1.32. The molecular weight excluding hydrogens is 673 g/mol. The fourth-order valence-electron chi connectivity index (χ4n) is 6.37. The van der Waals surface area contributed by atoms with Gasteiger partial charge in [0.1, 0.15) is 12.6 Å². The van der Waals surface area contributed by atoms with E-state index in [0.717, 1.165) is 24.8 Å². The summed E-state index contributed by atoms with van der Waals surface area (Å²) in [5.41, 5.74) is 7.57. The van der Waals surface area contributed by atoms with Crippen LogP contribution >= 0.6 is 34.5 Å². The highest BCUT2D eigenvalue weighted by Crippen LogP contribution is 2.26. The highest BCUT2D eigenvalue weighted by atomic mass is 35.5. The first-order valence-corrected chi connectivity index (χ1v) is 17.6. The molecule has 0 spiro atoms. The molecule has 11 nitrogen and oxygen atoms in total. The van der Waals surface area contributed by atoms with E-state index in [9.17, 15) is 19.2 Å². The zero-order chi connectivity index (χ0) is 34.2. The Labute approximate surface area is 293 Å². The number of rotatable bonds is 13. The van der Waals surface area contributed by atoms with Gasteiger partial charge in [-0.05, 0) is 61.3 Å². The molecule has 2 fully saturated rings. The Morgan fingerprint density at radius 2 is 1.90 bits per heavy atom. The molecule has 2 aliphatic heterocycles. The number of benzene rings is 2. The number of piperidine rings is 1. The number of nitrogens with two attached hydrogens (primary N) is 1. The van der Waals surface area contributed by atoms with Gasteiger partial charge in [0, 0.05) is 37.6 Å². The van der Waals surface area contributed by atoms with Crippen LogP contribution in [0.5, 0.6) is 0 Å². The van der Waals surface area contributed by atoms with Crippen LogP contribution in [0.1, 0.15) is 46.6 Å². The van der Waals surface area contributed by atoms with E-state index < -0.39 is 24.5 Å². The number of guanidine groups is 1. The van der Waals surface area contributed by atoms with Gasteiger partial charge >= 0.3 is 0 Å². The lowest BCUT2D eigenvalue weighted by Crippen LogP contribution is -2.62. The van der Waals surface area contributed by atoms with Gasteiger partial charge in [-0.25, -0.2) is 4.98 Å². The van der Waals surface area contributed by atoms with Crippen LogP contribution in [0.25, 0.3) is 0 Å². The standard InChI is InChI=1S/C34H39Cl2N7O4S/c35-25-11-10-23(16-26(25)36)18-28-33(47)41(13-4-8-22-6-2-1-3-7-22)21-30(45)43(28)20-29(44)40-27(31(46)32-39-12-15-48-32)17-24-9-5-14-42(19-24)34(37)38/h1-3,6-7,10-12,15-16,24,27-28H,4-5,8-9,13-14,17-21H2,(H3,37,38)(H,40,44)/t24?,27-,28+/m0/s1. The number of carbonyl (C=O) groups is 4. The molecule has 3 atom stereocenters. The predicted molar refractivity (Wildman–Crippen MR) is 186 cm³/mol. The van der Waals surface area contributed by atoms with E-state index in [1.54, 1.807) is 33.4 Å². The van der Waals surface area contributed by atoms with Gasteiger partial charge in [0.15, 0.2) is 11.0 Å². The summed E-state index contributed by atoms with van der Waals surface area (Å²) in [5.74, 6) is -1.52. The minimum atomic E-state index is -0.957. The van der Waals surface area contributed by atoms with Gasteiger partial charge in [-0.2, -0.15) is 0 Å². The number of carbonyl (C=O) groups excluding carboxylic acids is 4. The largest absolute Gasteiger partial charge is 0.370 e. The summed E-state index contributed by atoms with van der Waals surface area (Å²) in [4.78, 5) is 63.6. The smallest absolute Gasteiger partial charge is 0.246 e. The first-order chi connectivity index (χ1) is 23.1. The highest BCUT2D eigenvalue weighted by Gasteiger charge is 2.40. The Bertz CT molecular complexity index is 1620. The number of nitrogens with zero attached hydrogens (tertiary/aromatic N) is 4. The lowest BCUT2D eigenvalue weighted by molar-refractivity contribution is -0.157. The van der Waals surface area contributed by atoms with Crippen LogP contribution in [-0.4, -0.2) is 94.0 Å². The molecule has 0 saturated carbocycles. The van der Waals surface area contributed by atoms with E-state index in [2.05, 4.69) is 10.3 Å². The zero-order valence-electron chi connectivity index (χ0n) is 26.4. The highest BCUT2D eigenvalue weighted by molar-refractivity contribution is 7.11. The number of thiazole rings is 1. The molecule has 5 rings (SSSR count). The average Bonchev–Trinajstić information content (AvgIpc) is 3.62. The summed E-state index contributed by atoms with van der Waals surface area (Å²) in [5, 5.41) is 13.4. The first-order valence-electron chi connectivity index (χ1n) is 16.0. The molecule has 1 unspecified atom stereocenters. The third kappa shape index (κ3) is 9.12. The van der Waals surface area contributed by atoms with Gasteiger partial charge in [0.05, 0.1) is 22.6 Å². The van der Waals surface area contributed by atoms with E-state index in [1.165, 1.54) is 22.4 Å². The Morgan fingerprint density at radius 1 is 1.10 bits per heavy atom. The van der Waals surface area contributed by atoms with E-state index in [1.807, 2.05) is 30.3 Å². The van der Waals surface area contributed by atoms with E-state index in [0.29, 0.717) is 48.1 Å². The number of piperazine rings is 1. The van der Waals surface area contributed by atoms with Crippen molar-refractivity contribution in [3.8, 4) is 0 Å². The quantitative estimate of drug-likeness (QED) is 0.138. The fourth-order valence-corrected chi connectivity index (χ4v) is 7.32. The number of aromatic nitrogens is 1. The summed E-state index contributed by atoms with van der Waals surface area (Å²) < 4.78 is 0. The molecule has 4 N–H and O–H groups in total. The van der Waals surface area contributed by atoms with Gasteiger partial charge in [0.25, 0.3) is 0 Å². The molecule has 2 aromatic carbocycles. The van der Waals surface area contributed by atoms with Crippen molar-refractivity contribution in [1.29, 1.82) is 5.41 Å². The van der Waals surface area contributed by atoms with Crippen molar-refractivity contribution < 1.29 is 19.2 Å². The number of likely N-dealkylation sites (tertiary alicyclic amines) is 1. The monoisotopic (exact) mass is 711 g/mol. The number of halogens is 2. The van der Waals surface area contributed by atoms with Gasteiger partial charge in [0.2, 0.25) is 23.5 Å². The molecule has 0 radical (unpaired) electrons. The topological polar surface area (TPSA) is 153 Å². The summed E-state index contributed by atoms with van der Waals surface area (Å²) in [6, 6.07) is 13.1. The summed E-state index contributed by atoms with van der Waals surface area (Å²) in [6.45, 7) is 1.000. The summed E-state index contributed by atoms with van der Waals surface area (Å²) in [7, 11) is 0. The maximum atomic E-state index is 13.9. The van der Waals surface area contributed by atoms with Crippen LogP contribution in [0, 0.1) is 11.3 Å². The Morgan fingerprint density at radius 3 is 2.60 bits per heavy atom. The van der Waals surface area contributed by atoms with Crippen molar-refractivity contribution >= 4 is 64.0 Å². The minimum Gasteiger partial charge on any atom is -0.370 e. The maximum Gasteiger partial charge on any atom is 0.246 e. The second-order valence-corrected chi connectivity index (χ2v) is 13.9. The third-order valence-electron chi connectivity index (χ3n) is 8.81. The van der Waals surface area contributed by atoms with Crippen molar-refractivity contribution in [3.05, 3.63) is 86.3 Å². The van der Waals surface area contributed by atoms with E-state index in [4.69, 9.17) is 34.3 Å². The van der Waals surface area contributed by atoms with Crippen LogP contribution in [0.2, 0.25) is 10.0 Å². The number of Topliss-reactive ketones (excluding diaryl/α,β-unsaturated/α-hetero) is 1. The van der Waals surface area contributed by atoms with E-state index in [-0.39, 0.29) is 47.4 Å². The Hall–Kier alpha value is -4.00. The van der Waals surface area contributed by atoms with Gasteiger partial charge in [-0.15, -0.1) is 11.3 Å². The SMILES string of the molecule is N=C(N)N1CCCC(C[C@H](NC(=O)CN2C(=O)CN(CCCc3ccccc3)C(=O)[C@H]2Cc2ccc(Cl)c(Cl)c2)C(=O)c2nccs2)C1. The number of ketones is 1. The first kappa shape index (κ1) is 35.3. The predicted octanol–water partition coefficient (Wildman–Crippen LogP) is 4.03. The van der Waals surface area contributed by atoms with Gasteiger partial charge in [-0.1, -0.05) is 59.6 Å². The van der Waals surface area contributed by atoms with Gasteiger partial charge in [-0.3, -0.25) is 24.6 Å². The van der Waals surface area contributed by atoms with Crippen molar-refractivity contribution in [2.75, 3.05) is 32.7 Å². The normalized spacial score (nSPS) is 18.9. The van der Waals surface area contributed by atoms with Crippen molar-refractivity contribution in [1.82, 2.24) is 25.0 Å². The second kappa shape index (κ2) is 16.4. The molecule has 14 heteroatoms.